The van der Waals surface area contributed by atoms with Crippen LogP contribution >= 0.6 is 8.45 Å². The maximum absolute atomic E-state index is 6.89. The van der Waals surface area contributed by atoms with Crippen LogP contribution < -0.4 is 0 Å². The van der Waals surface area contributed by atoms with Gasteiger partial charge < -0.3 is 9.37 Å². The molecule has 1 fully saturated rings. The summed E-state index contributed by atoms with van der Waals surface area (Å²) in [5.41, 5.74) is 0. The minimum absolute atomic E-state index is 0.458. The Hall–Kier alpha value is -0.200. The van der Waals surface area contributed by atoms with Crippen molar-refractivity contribution in [3.8, 4) is 0 Å². The van der Waals surface area contributed by atoms with Crippen LogP contribution in [0.3, 0.4) is 0 Å². The summed E-state index contributed by atoms with van der Waals surface area (Å²) in [5.74, 6) is 0. The first-order chi connectivity index (χ1) is 8.90. The highest BCUT2D eigenvalue weighted by atomic mass is 31.2. The van der Waals surface area contributed by atoms with E-state index in [2.05, 4.69) is 55.7 Å². The van der Waals surface area contributed by atoms with Gasteiger partial charge in [0, 0.05) is 24.2 Å². The third-order valence-corrected chi connectivity index (χ3v) is 6.36. The Morgan fingerprint density at radius 2 is 1.63 bits per heavy atom. The average molecular weight is 285 g/mol. The van der Waals surface area contributed by atoms with Crippen molar-refractivity contribution >= 4 is 8.45 Å². The Balaban J connectivity index is 2.90. The summed E-state index contributed by atoms with van der Waals surface area (Å²) in [6, 6.07) is 2.04. The Morgan fingerprint density at radius 3 is 2.00 bits per heavy atom. The first-order valence-electron chi connectivity index (χ1n) is 7.22. The van der Waals surface area contributed by atoms with Crippen LogP contribution in [0.4, 0.5) is 0 Å². The second kappa shape index (κ2) is 7.55. The average Bonchev–Trinajstić information content (AvgIpc) is 2.27. The van der Waals surface area contributed by atoms with Crippen molar-refractivity contribution in [2.45, 2.75) is 72.1 Å². The standard InChI is InChI=1S/C14H28N3OP/c1-11(2)16-13(5)10-14(6)17(12(3)4)19(16)18-9-8-15-7/h11-14H,8-10H2,1-6H3. The lowest BCUT2D eigenvalue weighted by Gasteiger charge is -2.52. The lowest BCUT2D eigenvalue weighted by Crippen LogP contribution is -2.51. The van der Waals surface area contributed by atoms with E-state index in [0.717, 1.165) is 0 Å². The van der Waals surface area contributed by atoms with Gasteiger partial charge in [0.1, 0.15) is 6.61 Å². The highest BCUT2D eigenvalue weighted by Crippen LogP contribution is 2.54. The van der Waals surface area contributed by atoms with Gasteiger partial charge >= 0.3 is 0 Å². The van der Waals surface area contributed by atoms with Gasteiger partial charge in [-0.25, -0.2) is 15.9 Å². The molecule has 0 N–H and O–H groups in total. The van der Waals surface area contributed by atoms with Crippen molar-refractivity contribution in [2.24, 2.45) is 0 Å². The fraction of sp³-hybridized carbons (Fsp3) is 0.929. The van der Waals surface area contributed by atoms with E-state index in [4.69, 9.17) is 11.1 Å². The van der Waals surface area contributed by atoms with Gasteiger partial charge in [0.25, 0.3) is 0 Å². The molecule has 1 saturated heterocycles. The topological polar surface area (TPSA) is 20.1 Å². The number of hydrogen-bond donors (Lipinski definition) is 0. The van der Waals surface area contributed by atoms with Gasteiger partial charge in [-0.3, -0.25) is 0 Å². The van der Waals surface area contributed by atoms with Crippen LogP contribution in [0.25, 0.3) is 4.85 Å². The van der Waals surface area contributed by atoms with Crippen LogP contribution in [0.2, 0.25) is 0 Å². The molecule has 0 saturated carbocycles. The molecule has 0 spiro atoms. The molecule has 0 aromatic rings. The zero-order valence-electron chi connectivity index (χ0n) is 13.1. The number of rotatable bonds is 5. The van der Waals surface area contributed by atoms with Gasteiger partial charge in [-0.05, 0) is 48.0 Å². The molecule has 0 aromatic heterocycles. The summed E-state index contributed by atoms with van der Waals surface area (Å²) in [7, 11) is -0.744. The first-order valence-corrected chi connectivity index (χ1v) is 8.39. The van der Waals surface area contributed by atoms with E-state index in [0.29, 0.717) is 37.3 Å². The molecule has 1 rings (SSSR count). The molecule has 19 heavy (non-hydrogen) atoms. The second-order valence-corrected chi connectivity index (χ2v) is 7.54. The molecule has 0 aliphatic carbocycles. The van der Waals surface area contributed by atoms with Crippen LogP contribution in [0.15, 0.2) is 0 Å². The molecule has 1 aliphatic rings. The lowest BCUT2D eigenvalue weighted by molar-refractivity contribution is 0.122. The van der Waals surface area contributed by atoms with E-state index < -0.39 is 8.45 Å². The summed E-state index contributed by atoms with van der Waals surface area (Å²) in [6.45, 7) is 21.4. The van der Waals surface area contributed by atoms with Gasteiger partial charge in [-0.2, -0.15) is 0 Å². The monoisotopic (exact) mass is 285 g/mol. The summed E-state index contributed by atoms with van der Waals surface area (Å²) in [4.78, 5) is 3.40. The highest BCUT2D eigenvalue weighted by Gasteiger charge is 2.41. The van der Waals surface area contributed by atoms with Gasteiger partial charge in [0.05, 0.1) is 0 Å². The molecule has 0 radical (unpaired) electrons. The maximum atomic E-state index is 6.89. The van der Waals surface area contributed by atoms with Crippen LogP contribution in [-0.2, 0) is 4.52 Å². The van der Waals surface area contributed by atoms with Crippen molar-refractivity contribution in [3.63, 3.8) is 0 Å². The third kappa shape index (κ3) is 4.13. The molecular formula is C14H28N3OP. The van der Waals surface area contributed by atoms with Gasteiger partial charge in [0.2, 0.25) is 6.54 Å². The predicted molar refractivity (Wildman–Crippen MR) is 81.8 cm³/mol. The van der Waals surface area contributed by atoms with E-state index in [-0.39, 0.29) is 0 Å². The van der Waals surface area contributed by atoms with E-state index in [1.54, 1.807) is 0 Å². The van der Waals surface area contributed by atoms with Crippen molar-refractivity contribution in [2.75, 3.05) is 13.2 Å². The molecule has 0 amide bonds. The summed E-state index contributed by atoms with van der Waals surface area (Å²) < 4.78 is 11.1. The van der Waals surface area contributed by atoms with Crippen LogP contribution in [0.5, 0.6) is 0 Å². The van der Waals surface area contributed by atoms with Crippen LogP contribution in [-0.4, -0.2) is 46.7 Å². The normalized spacial score (nSPS) is 29.9. The Labute approximate surface area is 119 Å². The Morgan fingerprint density at radius 1 is 1.16 bits per heavy atom. The highest BCUT2D eigenvalue weighted by molar-refractivity contribution is 7.47. The first kappa shape index (κ1) is 16.9. The molecule has 1 aliphatic heterocycles. The quantitative estimate of drug-likeness (QED) is 0.436. The molecule has 110 valence electrons. The van der Waals surface area contributed by atoms with E-state index in [1.165, 1.54) is 6.42 Å². The SMILES string of the molecule is [C-]#[N+]CCOP1N(C(C)C)C(C)CC(C)N1C(C)C. The smallest absolute Gasteiger partial charge is 0.238 e. The fourth-order valence-corrected chi connectivity index (χ4v) is 5.28. The number of hydrogen-bond acceptors (Lipinski definition) is 3. The molecule has 5 heteroatoms. The molecule has 2 unspecified atom stereocenters. The molecule has 1 heterocycles. The van der Waals surface area contributed by atoms with Crippen molar-refractivity contribution in [3.05, 3.63) is 11.4 Å². The Bertz CT molecular complexity index is 296. The molecule has 4 nitrogen and oxygen atoms in total. The summed E-state index contributed by atoms with van der Waals surface area (Å²) >= 11 is 0. The van der Waals surface area contributed by atoms with Crippen molar-refractivity contribution in [1.82, 2.24) is 9.34 Å². The van der Waals surface area contributed by atoms with Crippen LogP contribution in [0.1, 0.15) is 48.0 Å². The molecular weight excluding hydrogens is 257 g/mol. The van der Waals surface area contributed by atoms with Gasteiger partial charge in [-0.1, -0.05) is 0 Å². The van der Waals surface area contributed by atoms with E-state index in [1.807, 2.05) is 0 Å². The lowest BCUT2D eigenvalue weighted by atomic mass is 10.1. The Kier molecular flexibility index (Phi) is 6.69. The molecule has 2 atom stereocenters. The van der Waals surface area contributed by atoms with Crippen molar-refractivity contribution in [1.29, 1.82) is 0 Å². The maximum Gasteiger partial charge on any atom is 0.238 e. The van der Waals surface area contributed by atoms with Gasteiger partial charge in [-0.15, -0.1) is 0 Å². The third-order valence-electron chi connectivity index (χ3n) is 3.45. The minimum Gasteiger partial charge on any atom is -0.323 e. The zero-order chi connectivity index (χ0) is 14.6. The predicted octanol–water partition coefficient (Wildman–Crippen LogP) is 3.75. The number of nitrogens with zero attached hydrogens (tertiary/aromatic N) is 3. The largest absolute Gasteiger partial charge is 0.323 e. The fourth-order valence-electron chi connectivity index (χ4n) is 2.88. The minimum atomic E-state index is -0.744. The van der Waals surface area contributed by atoms with Gasteiger partial charge in [0.15, 0.2) is 8.45 Å². The zero-order valence-corrected chi connectivity index (χ0v) is 14.0. The van der Waals surface area contributed by atoms with E-state index >= 15 is 0 Å². The summed E-state index contributed by atoms with van der Waals surface area (Å²) in [6.07, 6.45) is 1.18. The molecule has 0 bridgehead atoms. The summed E-state index contributed by atoms with van der Waals surface area (Å²) in [5, 5.41) is 0. The second-order valence-electron chi connectivity index (χ2n) is 5.85. The molecule has 0 aromatic carbocycles. The van der Waals surface area contributed by atoms with Crippen LogP contribution in [0, 0.1) is 6.57 Å². The van der Waals surface area contributed by atoms with Crippen molar-refractivity contribution < 1.29 is 4.52 Å². The van der Waals surface area contributed by atoms with E-state index in [9.17, 15) is 0 Å².